The molecule has 0 aliphatic carbocycles. The van der Waals surface area contributed by atoms with Crippen LogP contribution in [0, 0.1) is 5.82 Å². The van der Waals surface area contributed by atoms with E-state index in [9.17, 15) is 17.6 Å². The van der Waals surface area contributed by atoms with E-state index >= 15 is 0 Å². The van der Waals surface area contributed by atoms with Crippen LogP contribution in [0.1, 0.15) is 25.3 Å². The SMILES string of the molecule is CC(Cc1ccc(F)cc1)NCCCC(F)(F)F. The van der Waals surface area contributed by atoms with Gasteiger partial charge >= 0.3 is 6.18 Å². The Balaban J connectivity index is 2.21. The third-order valence-electron chi connectivity index (χ3n) is 2.58. The maximum atomic E-state index is 12.7. The fraction of sp³-hybridized carbons (Fsp3) is 0.538. The lowest BCUT2D eigenvalue weighted by atomic mass is 10.1. The number of halogens is 4. The molecule has 1 atom stereocenters. The predicted molar refractivity (Wildman–Crippen MR) is 62.9 cm³/mol. The number of alkyl halides is 3. The zero-order valence-electron chi connectivity index (χ0n) is 10.2. The summed E-state index contributed by atoms with van der Waals surface area (Å²) in [5.41, 5.74) is 0.965. The number of hydrogen-bond donors (Lipinski definition) is 1. The minimum absolute atomic E-state index is 0.0729. The standard InChI is InChI=1S/C13H17F4N/c1-10(18-8-2-7-13(15,16)17)9-11-3-5-12(14)6-4-11/h3-6,10,18H,2,7-9H2,1H3. The van der Waals surface area contributed by atoms with Crippen molar-refractivity contribution in [3.63, 3.8) is 0 Å². The first-order chi connectivity index (χ1) is 8.37. The quantitative estimate of drug-likeness (QED) is 0.609. The van der Waals surface area contributed by atoms with Crippen molar-refractivity contribution in [3.8, 4) is 0 Å². The van der Waals surface area contributed by atoms with Crippen molar-refractivity contribution in [2.45, 2.75) is 38.4 Å². The summed E-state index contributed by atoms with van der Waals surface area (Å²) >= 11 is 0. The van der Waals surface area contributed by atoms with E-state index in [0.29, 0.717) is 13.0 Å². The molecular weight excluding hydrogens is 246 g/mol. The average molecular weight is 263 g/mol. The molecule has 0 aromatic heterocycles. The van der Waals surface area contributed by atoms with E-state index < -0.39 is 12.6 Å². The van der Waals surface area contributed by atoms with Gasteiger partial charge in [0, 0.05) is 12.5 Å². The van der Waals surface area contributed by atoms with Gasteiger partial charge in [0.2, 0.25) is 0 Å². The van der Waals surface area contributed by atoms with Crippen LogP contribution in [0.4, 0.5) is 17.6 Å². The van der Waals surface area contributed by atoms with Gasteiger partial charge in [-0.15, -0.1) is 0 Å². The molecule has 18 heavy (non-hydrogen) atoms. The first-order valence-electron chi connectivity index (χ1n) is 5.91. The highest BCUT2D eigenvalue weighted by Crippen LogP contribution is 2.20. The summed E-state index contributed by atoms with van der Waals surface area (Å²) in [6.45, 7) is 2.23. The van der Waals surface area contributed by atoms with Gasteiger partial charge in [0.25, 0.3) is 0 Å². The average Bonchev–Trinajstić information content (AvgIpc) is 2.26. The maximum absolute atomic E-state index is 12.7. The first-order valence-corrected chi connectivity index (χ1v) is 5.91. The minimum atomic E-state index is -4.08. The van der Waals surface area contributed by atoms with Gasteiger partial charge in [0.1, 0.15) is 5.82 Å². The Morgan fingerprint density at radius 3 is 2.33 bits per heavy atom. The molecule has 0 spiro atoms. The lowest BCUT2D eigenvalue weighted by Gasteiger charge is -2.14. The molecule has 1 aromatic carbocycles. The normalized spacial score (nSPS) is 13.6. The molecule has 5 heteroatoms. The van der Waals surface area contributed by atoms with Gasteiger partial charge in [0.05, 0.1) is 0 Å². The largest absolute Gasteiger partial charge is 0.389 e. The molecule has 0 heterocycles. The summed E-state index contributed by atoms with van der Waals surface area (Å²) in [7, 11) is 0. The van der Waals surface area contributed by atoms with Crippen molar-refractivity contribution in [1.82, 2.24) is 5.32 Å². The molecule has 0 radical (unpaired) electrons. The highest BCUT2D eigenvalue weighted by atomic mass is 19.4. The molecule has 0 saturated heterocycles. The van der Waals surface area contributed by atoms with Crippen LogP contribution in [0.5, 0.6) is 0 Å². The Morgan fingerprint density at radius 1 is 1.17 bits per heavy atom. The minimum Gasteiger partial charge on any atom is -0.314 e. The second kappa shape index (κ2) is 6.73. The van der Waals surface area contributed by atoms with E-state index in [1.54, 1.807) is 12.1 Å². The summed E-state index contributed by atoms with van der Waals surface area (Å²) in [6.07, 6.45) is -4.09. The topological polar surface area (TPSA) is 12.0 Å². The lowest BCUT2D eigenvalue weighted by molar-refractivity contribution is -0.135. The monoisotopic (exact) mass is 263 g/mol. The molecule has 102 valence electrons. The van der Waals surface area contributed by atoms with Crippen LogP contribution < -0.4 is 5.32 Å². The highest BCUT2D eigenvalue weighted by Gasteiger charge is 2.25. The second-order valence-corrected chi connectivity index (χ2v) is 4.40. The highest BCUT2D eigenvalue weighted by molar-refractivity contribution is 5.16. The van der Waals surface area contributed by atoms with Crippen molar-refractivity contribution < 1.29 is 17.6 Å². The zero-order valence-corrected chi connectivity index (χ0v) is 10.2. The summed E-state index contributed by atoms with van der Waals surface area (Å²) in [5.74, 6) is -0.287. The Morgan fingerprint density at radius 2 is 1.78 bits per heavy atom. The third-order valence-corrected chi connectivity index (χ3v) is 2.58. The fourth-order valence-corrected chi connectivity index (χ4v) is 1.68. The van der Waals surface area contributed by atoms with E-state index in [-0.39, 0.29) is 18.3 Å². The number of nitrogens with one attached hydrogen (secondary N) is 1. The fourth-order valence-electron chi connectivity index (χ4n) is 1.68. The molecular formula is C13H17F4N. The molecule has 1 nitrogen and oxygen atoms in total. The van der Waals surface area contributed by atoms with Crippen molar-refractivity contribution in [1.29, 1.82) is 0 Å². The molecule has 0 bridgehead atoms. The van der Waals surface area contributed by atoms with Gasteiger partial charge in [-0.3, -0.25) is 0 Å². The first kappa shape index (κ1) is 15.0. The van der Waals surface area contributed by atoms with Crippen LogP contribution in [-0.2, 0) is 6.42 Å². The molecule has 1 rings (SSSR count). The van der Waals surface area contributed by atoms with Crippen LogP contribution in [0.25, 0.3) is 0 Å². The Hall–Kier alpha value is -1.10. The van der Waals surface area contributed by atoms with Gasteiger partial charge < -0.3 is 5.32 Å². The van der Waals surface area contributed by atoms with Gasteiger partial charge in [-0.2, -0.15) is 13.2 Å². The van der Waals surface area contributed by atoms with Crippen LogP contribution in [0.2, 0.25) is 0 Å². The van der Waals surface area contributed by atoms with Crippen LogP contribution >= 0.6 is 0 Å². The van der Waals surface area contributed by atoms with Gasteiger partial charge in [-0.25, -0.2) is 4.39 Å². The summed E-state index contributed by atoms with van der Waals surface area (Å²) in [5, 5.41) is 3.02. The Bertz CT molecular complexity index is 345. The van der Waals surface area contributed by atoms with Crippen molar-refractivity contribution in [3.05, 3.63) is 35.6 Å². The molecule has 0 saturated carbocycles. The number of benzene rings is 1. The Labute approximate surface area is 104 Å². The van der Waals surface area contributed by atoms with Gasteiger partial charge in [0.15, 0.2) is 0 Å². The number of hydrogen-bond acceptors (Lipinski definition) is 1. The molecule has 0 aliphatic heterocycles. The molecule has 0 fully saturated rings. The molecule has 1 N–H and O–H groups in total. The molecule has 0 aliphatic rings. The van der Waals surface area contributed by atoms with Gasteiger partial charge in [-0.1, -0.05) is 12.1 Å². The summed E-state index contributed by atoms with van der Waals surface area (Å²) < 4.78 is 48.4. The van der Waals surface area contributed by atoms with Crippen molar-refractivity contribution >= 4 is 0 Å². The molecule has 1 aromatic rings. The van der Waals surface area contributed by atoms with Gasteiger partial charge in [-0.05, 0) is 44.0 Å². The van der Waals surface area contributed by atoms with Crippen LogP contribution in [0.3, 0.4) is 0 Å². The van der Waals surface area contributed by atoms with Crippen molar-refractivity contribution in [2.75, 3.05) is 6.54 Å². The molecule has 0 amide bonds. The lowest BCUT2D eigenvalue weighted by Crippen LogP contribution is -2.29. The molecule has 1 unspecified atom stereocenters. The van der Waals surface area contributed by atoms with Crippen LogP contribution in [-0.4, -0.2) is 18.8 Å². The second-order valence-electron chi connectivity index (χ2n) is 4.40. The predicted octanol–water partition coefficient (Wildman–Crippen LogP) is 3.69. The third kappa shape index (κ3) is 6.59. The van der Waals surface area contributed by atoms with E-state index in [1.165, 1.54) is 12.1 Å². The van der Waals surface area contributed by atoms with E-state index in [1.807, 2.05) is 6.92 Å². The smallest absolute Gasteiger partial charge is 0.314 e. The Kier molecular flexibility index (Phi) is 5.59. The van der Waals surface area contributed by atoms with Crippen molar-refractivity contribution in [2.24, 2.45) is 0 Å². The zero-order chi connectivity index (χ0) is 13.6. The van der Waals surface area contributed by atoms with E-state index in [0.717, 1.165) is 5.56 Å². The summed E-state index contributed by atoms with van der Waals surface area (Å²) in [6, 6.07) is 6.20. The van der Waals surface area contributed by atoms with E-state index in [4.69, 9.17) is 0 Å². The summed E-state index contributed by atoms with van der Waals surface area (Å²) in [4.78, 5) is 0. The number of rotatable bonds is 6. The van der Waals surface area contributed by atoms with Crippen LogP contribution in [0.15, 0.2) is 24.3 Å². The van der Waals surface area contributed by atoms with E-state index in [2.05, 4.69) is 5.32 Å². The maximum Gasteiger partial charge on any atom is 0.389 e.